The molecule has 0 aliphatic rings. The van der Waals surface area contributed by atoms with Crippen LogP contribution in [0.1, 0.15) is 16.2 Å². The topological polar surface area (TPSA) is 84.8 Å². The maximum absolute atomic E-state index is 12.2. The van der Waals surface area contributed by atoms with E-state index in [9.17, 15) is 4.79 Å². The van der Waals surface area contributed by atoms with E-state index in [1.54, 1.807) is 47.3 Å². The van der Waals surface area contributed by atoms with Gasteiger partial charge >= 0.3 is 0 Å². The summed E-state index contributed by atoms with van der Waals surface area (Å²) in [6, 6.07) is 10.6. The lowest BCUT2D eigenvalue weighted by Crippen LogP contribution is -2.26. The predicted molar refractivity (Wildman–Crippen MR) is 95.2 cm³/mol. The third-order valence-corrected chi connectivity index (χ3v) is 3.96. The number of hydrogen-bond acceptors (Lipinski definition) is 5. The fourth-order valence-electron chi connectivity index (χ4n) is 2.21. The van der Waals surface area contributed by atoms with Crippen molar-refractivity contribution in [2.24, 2.45) is 7.05 Å². The van der Waals surface area contributed by atoms with Gasteiger partial charge in [0.1, 0.15) is 17.3 Å². The first kappa shape index (κ1) is 16.8. The molecule has 25 heavy (non-hydrogen) atoms. The van der Waals surface area contributed by atoms with Crippen LogP contribution in [-0.4, -0.2) is 32.2 Å². The molecule has 0 aliphatic heterocycles. The predicted octanol–water partition coefficient (Wildman–Crippen LogP) is 2.64. The van der Waals surface area contributed by atoms with Gasteiger partial charge in [-0.15, -0.1) is 0 Å². The molecule has 0 spiro atoms. The standard InChI is InChI=1S/C17H17N5O2S/c1-22-15(20-21-17(22)25)8-10-19-16(23)12-4-6-13(7-5-12)24-14-3-2-9-18-11-14/h2-7,9,11H,8,10H2,1H3,(H,19,23)(H,21,25). The number of aromatic nitrogens is 4. The van der Waals surface area contributed by atoms with E-state index in [2.05, 4.69) is 20.5 Å². The number of H-pyrrole nitrogens is 1. The molecule has 7 nitrogen and oxygen atoms in total. The van der Waals surface area contributed by atoms with Gasteiger partial charge in [-0.1, -0.05) is 0 Å². The zero-order chi connectivity index (χ0) is 17.6. The first-order valence-corrected chi connectivity index (χ1v) is 8.11. The molecular weight excluding hydrogens is 338 g/mol. The highest BCUT2D eigenvalue weighted by molar-refractivity contribution is 7.71. The normalized spacial score (nSPS) is 10.4. The Balaban J connectivity index is 1.54. The number of amides is 1. The summed E-state index contributed by atoms with van der Waals surface area (Å²) < 4.78 is 7.99. The van der Waals surface area contributed by atoms with Crippen molar-refractivity contribution in [2.75, 3.05) is 6.54 Å². The maximum atomic E-state index is 12.2. The van der Waals surface area contributed by atoms with Crippen molar-refractivity contribution >= 4 is 18.1 Å². The van der Waals surface area contributed by atoms with E-state index >= 15 is 0 Å². The van der Waals surface area contributed by atoms with Gasteiger partial charge in [0.2, 0.25) is 0 Å². The van der Waals surface area contributed by atoms with E-state index in [0.717, 1.165) is 5.82 Å². The Morgan fingerprint density at radius 2 is 2.08 bits per heavy atom. The molecule has 2 N–H and O–H groups in total. The largest absolute Gasteiger partial charge is 0.456 e. The Kier molecular flexibility index (Phi) is 5.20. The molecule has 1 aromatic carbocycles. The zero-order valence-electron chi connectivity index (χ0n) is 13.6. The van der Waals surface area contributed by atoms with Crippen LogP contribution in [0.15, 0.2) is 48.8 Å². The quantitative estimate of drug-likeness (QED) is 0.664. The Bertz CT molecular complexity index is 903. The third kappa shape index (κ3) is 4.30. The smallest absolute Gasteiger partial charge is 0.251 e. The second-order valence-corrected chi connectivity index (χ2v) is 5.71. The lowest BCUT2D eigenvalue weighted by Gasteiger charge is -2.07. The summed E-state index contributed by atoms with van der Waals surface area (Å²) in [5.74, 6) is 1.94. The molecule has 0 bridgehead atoms. The number of carbonyl (C=O) groups is 1. The molecule has 0 saturated carbocycles. The molecule has 0 radical (unpaired) electrons. The minimum atomic E-state index is -0.148. The van der Waals surface area contributed by atoms with Gasteiger partial charge < -0.3 is 14.6 Å². The Morgan fingerprint density at radius 1 is 1.28 bits per heavy atom. The summed E-state index contributed by atoms with van der Waals surface area (Å²) in [5.41, 5.74) is 0.564. The minimum Gasteiger partial charge on any atom is -0.456 e. The molecule has 128 valence electrons. The van der Waals surface area contributed by atoms with Crippen LogP contribution in [-0.2, 0) is 13.5 Å². The van der Waals surface area contributed by atoms with E-state index < -0.39 is 0 Å². The van der Waals surface area contributed by atoms with Crippen LogP contribution in [0.2, 0.25) is 0 Å². The SMILES string of the molecule is Cn1c(CCNC(=O)c2ccc(Oc3cccnc3)cc2)n[nH]c1=S. The molecule has 0 atom stereocenters. The number of carbonyl (C=O) groups excluding carboxylic acids is 1. The van der Waals surface area contributed by atoms with Crippen LogP contribution in [0.4, 0.5) is 0 Å². The van der Waals surface area contributed by atoms with Gasteiger partial charge in [-0.3, -0.25) is 14.9 Å². The lowest BCUT2D eigenvalue weighted by atomic mass is 10.2. The molecular formula is C17H17N5O2S. The highest BCUT2D eigenvalue weighted by atomic mass is 32.1. The number of nitrogens with one attached hydrogen (secondary N) is 2. The minimum absolute atomic E-state index is 0.148. The number of rotatable bonds is 6. The summed E-state index contributed by atoms with van der Waals surface area (Å²) in [6.45, 7) is 0.472. The monoisotopic (exact) mass is 355 g/mol. The highest BCUT2D eigenvalue weighted by Gasteiger charge is 2.07. The van der Waals surface area contributed by atoms with Crippen LogP contribution >= 0.6 is 12.2 Å². The number of ether oxygens (including phenoxy) is 1. The molecule has 3 rings (SSSR count). The van der Waals surface area contributed by atoms with Crippen LogP contribution in [0.3, 0.4) is 0 Å². The molecule has 8 heteroatoms. The van der Waals surface area contributed by atoms with Gasteiger partial charge in [0, 0.05) is 31.8 Å². The third-order valence-electron chi connectivity index (χ3n) is 3.59. The summed E-state index contributed by atoms with van der Waals surface area (Å²) in [5, 5.41) is 9.69. The Hall–Kier alpha value is -3.00. The second kappa shape index (κ2) is 7.71. The van der Waals surface area contributed by atoms with Gasteiger partial charge in [-0.2, -0.15) is 5.10 Å². The van der Waals surface area contributed by atoms with E-state index in [0.29, 0.717) is 34.8 Å². The number of benzene rings is 1. The van der Waals surface area contributed by atoms with Crippen molar-refractivity contribution in [2.45, 2.75) is 6.42 Å². The van der Waals surface area contributed by atoms with Crippen LogP contribution < -0.4 is 10.1 Å². The van der Waals surface area contributed by atoms with Crippen molar-refractivity contribution in [1.82, 2.24) is 25.1 Å². The van der Waals surface area contributed by atoms with Crippen molar-refractivity contribution in [3.05, 3.63) is 65.0 Å². The summed E-state index contributed by atoms with van der Waals surface area (Å²) >= 11 is 5.05. The van der Waals surface area contributed by atoms with Gasteiger partial charge in [0.15, 0.2) is 4.77 Å². The highest BCUT2D eigenvalue weighted by Crippen LogP contribution is 2.20. The summed E-state index contributed by atoms with van der Waals surface area (Å²) in [6.07, 6.45) is 3.90. The van der Waals surface area contributed by atoms with Gasteiger partial charge in [0.25, 0.3) is 5.91 Å². The molecule has 0 saturated heterocycles. The van der Waals surface area contributed by atoms with Crippen LogP contribution in [0.5, 0.6) is 11.5 Å². The Morgan fingerprint density at radius 3 is 2.72 bits per heavy atom. The first-order chi connectivity index (χ1) is 12.1. The molecule has 3 aromatic rings. The van der Waals surface area contributed by atoms with E-state index in [4.69, 9.17) is 17.0 Å². The van der Waals surface area contributed by atoms with Gasteiger partial charge in [0.05, 0.1) is 6.20 Å². The molecule has 2 heterocycles. The molecule has 0 fully saturated rings. The van der Waals surface area contributed by atoms with E-state index in [1.165, 1.54) is 0 Å². The fourth-order valence-corrected chi connectivity index (χ4v) is 2.36. The number of aromatic amines is 1. The Labute approximate surface area is 149 Å². The summed E-state index contributed by atoms with van der Waals surface area (Å²) in [7, 11) is 1.84. The average Bonchev–Trinajstić information content (AvgIpc) is 2.95. The van der Waals surface area contributed by atoms with Crippen molar-refractivity contribution in [3.63, 3.8) is 0 Å². The number of nitrogens with zero attached hydrogens (tertiary/aromatic N) is 3. The van der Waals surface area contributed by atoms with Crippen molar-refractivity contribution in [1.29, 1.82) is 0 Å². The second-order valence-electron chi connectivity index (χ2n) is 5.33. The van der Waals surface area contributed by atoms with Crippen molar-refractivity contribution in [3.8, 4) is 11.5 Å². The summed E-state index contributed by atoms with van der Waals surface area (Å²) in [4.78, 5) is 16.2. The maximum Gasteiger partial charge on any atom is 0.251 e. The zero-order valence-corrected chi connectivity index (χ0v) is 14.4. The average molecular weight is 355 g/mol. The molecule has 1 amide bonds. The first-order valence-electron chi connectivity index (χ1n) is 7.70. The van der Waals surface area contributed by atoms with Gasteiger partial charge in [-0.05, 0) is 48.6 Å². The van der Waals surface area contributed by atoms with E-state index in [1.807, 2.05) is 13.1 Å². The molecule has 0 unspecified atom stereocenters. The van der Waals surface area contributed by atoms with Gasteiger partial charge in [-0.25, -0.2) is 0 Å². The fraction of sp³-hybridized carbons (Fsp3) is 0.176. The molecule has 2 aromatic heterocycles. The van der Waals surface area contributed by atoms with E-state index in [-0.39, 0.29) is 5.91 Å². The van der Waals surface area contributed by atoms with Crippen molar-refractivity contribution < 1.29 is 9.53 Å². The molecule has 0 aliphatic carbocycles. The number of hydrogen-bond donors (Lipinski definition) is 2. The number of pyridine rings is 1. The van der Waals surface area contributed by atoms with Crippen LogP contribution in [0.25, 0.3) is 0 Å². The lowest BCUT2D eigenvalue weighted by molar-refractivity contribution is 0.0954. The van der Waals surface area contributed by atoms with Crippen LogP contribution in [0, 0.1) is 4.77 Å².